The van der Waals surface area contributed by atoms with E-state index >= 15 is 0 Å². The molecule has 0 spiro atoms. The van der Waals surface area contributed by atoms with Crippen molar-refractivity contribution >= 4 is 11.9 Å². The number of carboxylic acid groups (broad SMARTS) is 2. The minimum atomic E-state index is -1.26. The third-order valence-corrected chi connectivity index (χ3v) is 3.55. The molecule has 5 nitrogen and oxygen atoms in total. The predicted molar refractivity (Wildman–Crippen MR) is 102 cm³/mol. The molecule has 0 unspecified atom stereocenters. The van der Waals surface area contributed by atoms with Gasteiger partial charge >= 0.3 is 11.9 Å². The summed E-state index contributed by atoms with van der Waals surface area (Å²) < 4.78 is 0. The summed E-state index contributed by atoms with van der Waals surface area (Å²) in [5.74, 6) is -2.07. The van der Waals surface area contributed by atoms with E-state index in [0.29, 0.717) is 18.1 Å². The minimum Gasteiger partial charge on any atom is -0.478 e. The minimum absolute atomic E-state index is 0.443. The molecule has 2 aromatic rings. The van der Waals surface area contributed by atoms with Gasteiger partial charge in [0.1, 0.15) is 0 Å². The van der Waals surface area contributed by atoms with Crippen LogP contribution in [0.5, 0.6) is 0 Å². The Labute approximate surface area is 154 Å². The van der Waals surface area contributed by atoms with Gasteiger partial charge in [-0.05, 0) is 24.1 Å². The molecule has 0 aromatic heterocycles. The molecule has 0 aliphatic heterocycles. The molecule has 0 fully saturated rings. The third-order valence-electron chi connectivity index (χ3n) is 3.55. The molecule has 0 aliphatic carbocycles. The summed E-state index contributed by atoms with van der Waals surface area (Å²) in [6.07, 6.45) is 2.29. The van der Waals surface area contributed by atoms with E-state index in [2.05, 4.69) is 72.9 Å². The largest absolute Gasteiger partial charge is 0.478 e. The van der Waals surface area contributed by atoms with Crippen molar-refractivity contribution in [1.29, 1.82) is 0 Å². The average Bonchev–Trinajstić information content (AvgIpc) is 2.65. The lowest BCUT2D eigenvalue weighted by atomic mass is 9.91. The molecule has 5 heteroatoms. The quantitative estimate of drug-likeness (QED) is 0.498. The van der Waals surface area contributed by atoms with Crippen molar-refractivity contribution in [3.8, 4) is 0 Å². The van der Waals surface area contributed by atoms with Crippen LogP contribution in [-0.4, -0.2) is 35.2 Å². The smallest absolute Gasteiger partial charge is 0.328 e. The summed E-state index contributed by atoms with van der Waals surface area (Å²) in [7, 11) is 0. The number of aliphatic carboxylic acids is 2. The van der Waals surface area contributed by atoms with E-state index in [9.17, 15) is 9.59 Å². The van der Waals surface area contributed by atoms with E-state index in [1.807, 2.05) is 0 Å². The Morgan fingerprint density at radius 1 is 0.885 bits per heavy atom. The molecule has 138 valence electrons. The first-order chi connectivity index (χ1) is 12.5. The zero-order valence-electron chi connectivity index (χ0n) is 14.8. The molecule has 2 rings (SSSR count). The summed E-state index contributed by atoms with van der Waals surface area (Å²) in [5, 5.41) is 19.2. The number of nitrogens with one attached hydrogen (secondary N) is 1. The zero-order valence-corrected chi connectivity index (χ0v) is 14.8. The summed E-state index contributed by atoms with van der Waals surface area (Å²) in [4.78, 5) is 19.1. The van der Waals surface area contributed by atoms with Gasteiger partial charge in [-0.1, -0.05) is 67.6 Å². The Morgan fingerprint density at radius 2 is 1.31 bits per heavy atom. The number of hydrogen-bond donors (Lipinski definition) is 3. The van der Waals surface area contributed by atoms with E-state index in [4.69, 9.17) is 10.2 Å². The fourth-order valence-electron chi connectivity index (χ4n) is 2.36. The van der Waals surface area contributed by atoms with Crippen LogP contribution in [0, 0.1) is 0 Å². The molecule has 0 saturated heterocycles. The Hall–Kier alpha value is -2.92. The molecule has 0 atom stereocenters. The summed E-state index contributed by atoms with van der Waals surface area (Å²) in [6.45, 7) is 4.28. The molecule has 0 aliphatic rings. The zero-order chi connectivity index (χ0) is 19.2. The lowest BCUT2D eigenvalue weighted by Crippen LogP contribution is -2.23. The molecular formula is C21H25NO4. The maximum absolute atomic E-state index is 9.55. The van der Waals surface area contributed by atoms with Crippen molar-refractivity contribution in [2.24, 2.45) is 0 Å². The van der Waals surface area contributed by atoms with Gasteiger partial charge in [0.25, 0.3) is 0 Å². The maximum Gasteiger partial charge on any atom is 0.328 e. The normalized spacial score (nSPS) is 10.4. The lowest BCUT2D eigenvalue weighted by molar-refractivity contribution is -0.134. The van der Waals surface area contributed by atoms with E-state index in [0.717, 1.165) is 13.1 Å². The Bertz CT molecular complexity index is 628. The molecule has 26 heavy (non-hydrogen) atoms. The highest BCUT2D eigenvalue weighted by Gasteiger charge is 2.12. The van der Waals surface area contributed by atoms with Gasteiger partial charge in [-0.15, -0.1) is 0 Å². The number of benzene rings is 2. The van der Waals surface area contributed by atoms with Crippen LogP contribution in [0.1, 0.15) is 30.4 Å². The fourth-order valence-corrected chi connectivity index (χ4v) is 2.36. The van der Waals surface area contributed by atoms with Crippen LogP contribution in [0.15, 0.2) is 72.8 Å². The second-order valence-electron chi connectivity index (χ2n) is 5.59. The standard InChI is InChI=1S/C17H21N.C4H4O4/c1-2-13-18-14-17(15-9-5-3-6-10-15)16-11-7-4-8-12-16;5-3(6)1-2-4(7)8/h3-12,17-18H,2,13-14H2,1H3;1-2H,(H,5,6)(H,7,8)/b;2-1+. The molecule has 3 N–H and O–H groups in total. The van der Waals surface area contributed by atoms with E-state index in [1.165, 1.54) is 17.5 Å². The van der Waals surface area contributed by atoms with E-state index in [1.54, 1.807) is 0 Å². The van der Waals surface area contributed by atoms with Gasteiger partial charge in [-0.25, -0.2) is 9.59 Å². The Kier molecular flexibility index (Phi) is 10.1. The number of hydrogen-bond acceptors (Lipinski definition) is 3. The highest BCUT2D eigenvalue weighted by Crippen LogP contribution is 2.23. The number of carboxylic acids is 2. The number of carbonyl (C=O) groups is 2. The second-order valence-corrected chi connectivity index (χ2v) is 5.59. The van der Waals surface area contributed by atoms with Crippen molar-refractivity contribution in [1.82, 2.24) is 5.32 Å². The van der Waals surface area contributed by atoms with Crippen molar-refractivity contribution in [2.45, 2.75) is 19.3 Å². The average molecular weight is 355 g/mol. The van der Waals surface area contributed by atoms with Crippen LogP contribution >= 0.6 is 0 Å². The molecular weight excluding hydrogens is 330 g/mol. The van der Waals surface area contributed by atoms with Crippen LogP contribution < -0.4 is 5.32 Å². The highest BCUT2D eigenvalue weighted by molar-refractivity contribution is 5.89. The van der Waals surface area contributed by atoms with Crippen LogP contribution in [0.4, 0.5) is 0 Å². The maximum atomic E-state index is 9.55. The van der Waals surface area contributed by atoms with Gasteiger partial charge in [0.05, 0.1) is 0 Å². The van der Waals surface area contributed by atoms with Gasteiger partial charge in [0.2, 0.25) is 0 Å². The Morgan fingerprint density at radius 3 is 1.65 bits per heavy atom. The fraction of sp³-hybridized carbons (Fsp3) is 0.238. The summed E-state index contributed by atoms with van der Waals surface area (Å²) in [6, 6.07) is 21.5. The van der Waals surface area contributed by atoms with Crippen LogP contribution in [-0.2, 0) is 9.59 Å². The van der Waals surface area contributed by atoms with Crippen LogP contribution in [0.2, 0.25) is 0 Å². The van der Waals surface area contributed by atoms with Gasteiger partial charge in [-0.2, -0.15) is 0 Å². The van der Waals surface area contributed by atoms with Crippen LogP contribution in [0.3, 0.4) is 0 Å². The molecule has 0 heterocycles. The van der Waals surface area contributed by atoms with Crippen molar-refractivity contribution in [3.63, 3.8) is 0 Å². The Balaban J connectivity index is 0.000000359. The van der Waals surface area contributed by atoms with E-state index < -0.39 is 11.9 Å². The predicted octanol–water partition coefficient (Wildman–Crippen LogP) is 3.53. The lowest BCUT2D eigenvalue weighted by Gasteiger charge is -2.18. The van der Waals surface area contributed by atoms with Gasteiger partial charge < -0.3 is 15.5 Å². The second kappa shape index (κ2) is 12.4. The third kappa shape index (κ3) is 8.80. The van der Waals surface area contributed by atoms with Crippen molar-refractivity contribution < 1.29 is 19.8 Å². The molecule has 2 aromatic carbocycles. The summed E-state index contributed by atoms with van der Waals surface area (Å²) >= 11 is 0. The first-order valence-electron chi connectivity index (χ1n) is 8.49. The first kappa shape index (κ1) is 21.1. The topological polar surface area (TPSA) is 86.6 Å². The molecule has 0 amide bonds. The van der Waals surface area contributed by atoms with Crippen molar-refractivity contribution in [3.05, 3.63) is 83.9 Å². The highest BCUT2D eigenvalue weighted by atomic mass is 16.4. The van der Waals surface area contributed by atoms with E-state index in [-0.39, 0.29) is 0 Å². The van der Waals surface area contributed by atoms with Gasteiger partial charge in [0, 0.05) is 24.6 Å². The molecule has 0 saturated carbocycles. The molecule has 0 bridgehead atoms. The monoisotopic (exact) mass is 355 g/mol. The number of rotatable bonds is 8. The van der Waals surface area contributed by atoms with Gasteiger partial charge in [0.15, 0.2) is 0 Å². The first-order valence-corrected chi connectivity index (χ1v) is 8.49. The SMILES string of the molecule is CCCNCC(c1ccccc1)c1ccccc1.O=C(O)/C=C/C(=O)O. The summed E-state index contributed by atoms with van der Waals surface area (Å²) in [5.41, 5.74) is 2.76. The van der Waals surface area contributed by atoms with Crippen LogP contribution in [0.25, 0.3) is 0 Å². The molecule has 0 radical (unpaired) electrons. The van der Waals surface area contributed by atoms with Crippen molar-refractivity contribution in [2.75, 3.05) is 13.1 Å². The van der Waals surface area contributed by atoms with Gasteiger partial charge in [-0.3, -0.25) is 0 Å².